The van der Waals surface area contributed by atoms with Crippen LogP contribution in [0, 0.1) is 16.0 Å². The zero-order valence-corrected chi connectivity index (χ0v) is 10.5. The van der Waals surface area contributed by atoms with Crippen molar-refractivity contribution in [2.45, 2.75) is 25.8 Å². The predicted molar refractivity (Wildman–Crippen MR) is 67.4 cm³/mol. The van der Waals surface area contributed by atoms with Gasteiger partial charge in [0.2, 0.25) is 0 Å². The molecule has 0 bridgehead atoms. The van der Waals surface area contributed by atoms with Crippen LogP contribution in [0.1, 0.15) is 19.8 Å². The topological polar surface area (TPSA) is 85.3 Å². The number of nitro groups is 1. The summed E-state index contributed by atoms with van der Waals surface area (Å²) < 4.78 is 0. The number of hydrogen-bond acceptors (Lipinski definition) is 6. The molecule has 1 fully saturated rings. The average molecular weight is 256 g/mol. The molecule has 2 rings (SSSR count). The van der Waals surface area contributed by atoms with Crippen molar-refractivity contribution >= 4 is 21.5 Å². The van der Waals surface area contributed by atoms with Gasteiger partial charge < -0.3 is 10.6 Å². The van der Waals surface area contributed by atoms with E-state index in [1.165, 1.54) is 6.20 Å². The van der Waals surface area contributed by atoms with Crippen LogP contribution in [0.2, 0.25) is 0 Å². The van der Waals surface area contributed by atoms with Crippen LogP contribution in [0.3, 0.4) is 0 Å². The summed E-state index contributed by atoms with van der Waals surface area (Å²) in [5, 5.41) is 11.4. The largest absolute Gasteiger partial charge is 0.348 e. The van der Waals surface area contributed by atoms with Gasteiger partial charge in [0.05, 0.1) is 4.92 Å². The molecule has 1 aliphatic rings. The molecular weight excluding hydrogens is 240 g/mol. The van der Waals surface area contributed by atoms with Crippen LogP contribution in [-0.4, -0.2) is 29.0 Å². The van der Waals surface area contributed by atoms with Crippen molar-refractivity contribution in [3.8, 4) is 0 Å². The summed E-state index contributed by atoms with van der Waals surface area (Å²) in [5.74, 6) is 0.451. The maximum absolute atomic E-state index is 10.6. The Morgan fingerprint density at radius 2 is 2.53 bits per heavy atom. The number of piperidine rings is 1. The molecule has 17 heavy (non-hydrogen) atoms. The Kier molecular flexibility index (Phi) is 3.58. The van der Waals surface area contributed by atoms with Gasteiger partial charge in [0.15, 0.2) is 5.13 Å². The summed E-state index contributed by atoms with van der Waals surface area (Å²) >= 11 is 1.14. The Balaban J connectivity index is 2.08. The van der Waals surface area contributed by atoms with E-state index in [0.29, 0.717) is 5.92 Å². The number of anilines is 1. The number of hydrogen-bond donors (Lipinski definition) is 1. The van der Waals surface area contributed by atoms with Gasteiger partial charge in [-0.1, -0.05) is 0 Å². The molecule has 0 amide bonds. The van der Waals surface area contributed by atoms with E-state index in [0.717, 1.165) is 42.4 Å². The fraction of sp³-hybridized carbons (Fsp3) is 0.700. The molecule has 94 valence electrons. The second kappa shape index (κ2) is 4.97. The highest BCUT2D eigenvalue weighted by molar-refractivity contribution is 7.18. The van der Waals surface area contributed by atoms with Crippen molar-refractivity contribution < 1.29 is 4.92 Å². The fourth-order valence-corrected chi connectivity index (χ4v) is 2.87. The molecular formula is C10H16N4O2S. The van der Waals surface area contributed by atoms with Gasteiger partial charge in [0.1, 0.15) is 6.20 Å². The van der Waals surface area contributed by atoms with Crippen molar-refractivity contribution in [2.75, 3.05) is 18.0 Å². The Morgan fingerprint density at radius 3 is 3.12 bits per heavy atom. The Hall–Kier alpha value is -1.21. The summed E-state index contributed by atoms with van der Waals surface area (Å²) in [6.07, 6.45) is 3.52. The third-order valence-electron chi connectivity index (χ3n) is 3.13. The molecule has 1 aromatic heterocycles. The van der Waals surface area contributed by atoms with Crippen molar-refractivity contribution in [1.82, 2.24) is 4.98 Å². The van der Waals surface area contributed by atoms with E-state index in [4.69, 9.17) is 5.73 Å². The lowest BCUT2D eigenvalue weighted by molar-refractivity contribution is -0.380. The highest BCUT2D eigenvalue weighted by atomic mass is 32.1. The van der Waals surface area contributed by atoms with Gasteiger partial charge in [-0.3, -0.25) is 10.1 Å². The summed E-state index contributed by atoms with van der Waals surface area (Å²) in [6, 6.07) is 0.160. The minimum absolute atomic E-state index is 0.0999. The third-order valence-corrected chi connectivity index (χ3v) is 4.14. The second-order valence-corrected chi connectivity index (χ2v) is 5.43. The molecule has 0 aromatic carbocycles. The van der Waals surface area contributed by atoms with E-state index in [1.807, 2.05) is 6.92 Å². The molecule has 0 aliphatic carbocycles. The van der Waals surface area contributed by atoms with Gasteiger partial charge >= 0.3 is 5.00 Å². The molecule has 2 N–H and O–H groups in total. The smallest absolute Gasteiger partial charge is 0.345 e. The number of aromatic nitrogens is 1. The Labute approximate surface area is 104 Å². The van der Waals surface area contributed by atoms with Crippen molar-refractivity contribution in [3.63, 3.8) is 0 Å². The minimum atomic E-state index is -0.395. The third kappa shape index (κ3) is 2.73. The number of thiazole rings is 1. The van der Waals surface area contributed by atoms with Gasteiger partial charge in [0, 0.05) is 19.1 Å². The van der Waals surface area contributed by atoms with Crippen molar-refractivity contribution in [2.24, 2.45) is 11.7 Å². The van der Waals surface area contributed by atoms with Gasteiger partial charge in [-0.15, -0.1) is 0 Å². The molecule has 0 spiro atoms. The van der Waals surface area contributed by atoms with Crippen LogP contribution in [0.5, 0.6) is 0 Å². The molecule has 6 nitrogen and oxygen atoms in total. The monoisotopic (exact) mass is 256 g/mol. The zero-order chi connectivity index (χ0) is 12.4. The van der Waals surface area contributed by atoms with Gasteiger partial charge in [-0.05, 0) is 37.0 Å². The van der Waals surface area contributed by atoms with E-state index in [9.17, 15) is 10.1 Å². The van der Waals surface area contributed by atoms with Crippen LogP contribution >= 0.6 is 11.3 Å². The van der Waals surface area contributed by atoms with Crippen LogP contribution < -0.4 is 10.6 Å². The first-order chi connectivity index (χ1) is 8.08. The molecule has 0 saturated carbocycles. The second-order valence-electron chi connectivity index (χ2n) is 4.45. The molecule has 1 saturated heterocycles. The predicted octanol–water partition coefficient (Wildman–Crippen LogP) is 1.61. The first-order valence-corrected chi connectivity index (χ1v) is 6.50. The van der Waals surface area contributed by atoms with Crippen LogP contribution in [0.15, 0.2) is 6.20 Å². The van der Waals surface area contributed by atoms with Gasteiger partial charge in [-0.25, -0.2) is 4.98 Å². The number of nitrogens with zero attached hydrogens (tertiary/aromatic N) is 3. The Morgan fingerprint density at radius 1 is 1.76 bits per heavy atom. The summed E-state index contributed by atoms with van der Waals surface area (Å²) in [7, 11) is 0. The van der Waals surface area contributed by atoms with Gasteiger partial charge in [0.25, 0.3) is 0 Å². The lowest BCUT2D eigenvalue weighted by Gasteiger charge is -2.34. The van der Waals surface area contributed by atoms with Gasteiger partial charge in [-0.2, -0.15) is 0 Å². The maximum Gasteiger partial charge on any atom is 0.345 e. The van der Waals surface area contributed by atoms with E-state index in [-0.39, 0.29) is 11.0 Å². The van der Waals surface area contributed by atoms with E-state index < -0.39 is 4.92 Å². The molecule has 2 atom stereocenters. The van der Waals surface area contributed by atoms with E-state index >= 15 is 0 Å². The van der Waals surface area contributed by atoms with Crippen LogP contribution in [-0.2, 0) is 0 Å². The lowest BCUT2D eigenvalue weighted by Crippen LogP contribution is -2.42. The van der Waals surface area contributed by atoms with Crippen molar-refractivity contribution in [3.05, 3.63) is 16.3 Å². The summed E-state index contributed by atoms with van der Waals surface area (Å²) in [6.45, 7) is 3.77. The minimum Gasteiger partial charge on any atom is -0.348 e. The number of rotatable bonds is 3. The highest BCUT2D eigenvalue weighted by Crippen LogP contribution is 2.31. The zero-order valence-electron chi connectivity index (χ0n) is 9.70. The van der Waals surface area contributed by atoms with E-state index in [2.05, 4.69) is 9.88 Å². The Bertz CT molecular complexity index is 407. The maximum atomic E-state index is 10.6. The first kappa shape index (κ1) is 12.3. The molecule has 1 aromatic rings. The number of nitrogens with two attached hydrogens (primary N) is 1. The standard InChI is InChI=1S/C10H16N4O2S/c1-7(11)8-3-2-4-13(6-8)10-12-5-9(17-10)14(15)16/h5,7-8H,2-4,6,11H2,1H3. The highest BCUT2D eigenvalue weighted by Gasteiger charge is 2.25. The quantitative estimate of drug-likeness (QED) is 0.656. The lowest BCUT2D eigenvalue weighted by atomic mass is 9.92. The fourth-order valence-electron chi connectivity index (χ4n) is 2.10. The molecule has 7 heteroatoms. The molecule has 2 unspecified atom stereocenters. The van der Waals surface area contributed by atoms with Crippen LogP contribution in [0.25, 0.3) is 0 Å². The first-order valence-electron chi connectivity index (χ1n) is 5.68. The molecule has 0 radical (unpaired) electrons. The normalized spacial score (nSPS) is 22.5. The molecule has 2 heterocycles. The molecule has 1 aliphatic heterocycles. The summed E-state index contributed by atoms with van der Waals surface area (Å²) in [5.41, 5.74) is 5.91. The average Bonchev–Trinajstić information content (AvgIpc) is 2.78. The summed E-state index contributed by atoms with van der Waals surface area (Å²) in [4.78, 5) is 16.4. The van der Waals surface area contributed by atoms with Crippen LogP contribution in [0.4, 0.5) is 10.1 Å². The van der Waals surface area contributed by atoms with E-state index in [1.54, 1.807) is 0 Å². The van der Waals surface area contributed by atoms with Crippen molar-refractivity contribution in [1.29, 1.82) is 0 Å². The SMILES string of the molecule is CC(N)C1CCCN(c2ncc([N+](=O)[O-])s2)C1.